The molecule has 0 heterocycles. The van der Waals surface area contributed by atoms with Gasteiger partial charge < -0.3 is 10.4 Å². The first-order chi connectivity index (χ1) is 8.49. The Kier molecular flexibility index (Phi) is 4.47. The van der Waals surface area contributed by atoms with E-state index in [9.17, 15) is 4.79 Å². The van der Waals surface area contributed by atoms with E-state index in [2.05, 4.69) is 21.2 Å². The number of aromatic carboxylic acids is 1. The number of carboxylic acid groups (broad SMARTS) is 1. The Morgan fingerprint density at radius 3 is 2.50 bits per heavy atom. The Morgan fingerprint density at radius 2 is 2.06 bits per heavy atom. The zero-order chi connectivity index (χ0) is 13.7. The number of rotatable bonds is 3. The maximum Gasteiger partial charge on any atom is 0.335 e. The SMILES string of the molecule is Cc1cc(C(=O)O)cc(Br)c1NC=C(C#N)C#N. The molecule has 2 N–H and O–H groups in total. The van der Waals surface area contributed by atoms with Crippen LogP contribution in [-0.4, -0.2) is 11.1 Å². The van der Waals surface area contributed by atoms with Crippen molar-refractivity contribution in [2.45, 2.75) is 6.92 Å². The summed E-state index contributed by atoms with van der Waals surface area (Å²) >= 11 is 3.24. The van der Waals surface area contributed by atoms with Gasteiger partial charge in [-0.3, -0.25) is 0 Å². The number of hydrogen-bond donors (Lipinski definition) is 2. The number of nitriles is 2. The number of benzene rings is 1. The molecule has 90 valence electrons. The fourth-order valence-corrected chi connectivity index (χ4v) is 1.96. The van der Waals surface area contributed by atoms with Crippen LogP contribution in [0, 0.1) is 29.6 Å². The monoisotopic (exact) mass is 305 g/mol. The van der Waals surface area contributed by atoms with Gasteiger partial charge in [0, 0.05) is 10.7 Å². The lowest BCUT2D eigenvalue weighted by Gasteiger charge is -2.09. The Hall–Kier alpha value is -2.31. The average Bonchev–Trinajstić information content (AvgIpc) is 2.32. The lowest BCUT2D eigenvalue weighted by atomic mass is 10.1. The van der Waals surface area contributed by atoms with Gasteiger partial charge in [-0.2, -0.15) is 10.5 Å². The zero-order valence-electron chi connectivity index (χ0n) is 9.36. The van der Waals surface area contributed by atoms with Gasteiger partial charge >= 0.3 is 5.97 Å². The number of nitrogens with one attached hydrogen (secondary N) is 1. The maximum atomic E-state index is 10.8. The summed E-state index contributed by atoms with van der Waals surface area (Å²) in [6.07, 6.45) is 1.27. The van der Waals surface area contributed by atoms with Crippen LogP contribution >= 0.6 is 15.9 Å². The highest BCUT2D eigenvalue weighted by Crippen LogP contribution is 2.28. The lowest BCUT2D eigenvalue weighted by molar-refractivity contribution is 0.0696. The molecule has 0 aliphatic rings. The second-order valence-corrected chi connectivity index (χ2v) is 4.24. The quantitative estimate of drug-likeness (QED) is 0.837. The Balaban J connectivity index is 3.14. The van der Waals surface area contributed by atoms with E-state index >= 15 is 0 Å². The number of aryl methyl sites for hydroxylation is 1. The molecule has 18 heavy (non-hydrogen) atoms. The molecule has 0 atom stereocenters. The minimum absolute atomic E-state index is 0.0661. The van der Waals surface area contributed by atoms with Crippen LogP contribution in [0.2, 0.25) is 0 Å². The third-order valence-electron chi connectivity index (χ3n) is 2.14. The predicted octanol–water partition coefficient (Wildman–Crippen LogP) is 2.80. The number of anilines is 1. The van der Waals surface area contributed by atoms with Crippen molar-refractivity contribution in [1.82, 2.24) is 0 Å². The second-order valence-electron chi connectivity index (χ2n) is 3.38. The number of allylic oxidation sites excluding steroid dienone is 1. The molecule has 1 aromatic rings. The average molecular weight is 306 g/mol. The molecule has 0 aliphatic heterocycles. The maximum absolute atomic E-state index is 10.8. The molecule has 0 saturated carbocycles. The first kappa shape index (κ1) is 13.8. The minimum atomic E-state index is -1.02. The molecule has 0 fully saturated rings. The smallest absolute Gasteiger partial charge is 0.335 e. The number of carbonyl (C=O) groups is 1. The van der Waals surface area contributed by atoms with Crippen molar-refractivity contribution in [3.05, 3.63) is 39.5 Å². The van der Waals surface area contributed by atoms with Gasteiger partial charge in [0.2, 0.25) is 0 Å². The van der Waals surface area contributed by atoms with Crippen LogP contribution < -0.4 is 5.32 Å². The van der Waals surface area contributed by atoms with Crippen LogP contribution in [0.5, 0.6) is 0 Å². The van der Waals surface area contributed by atoms with E-state index in [-0.39, 0.29) is 11.1 Å². The first-order valence-corrected chi connectivity index (χ1v) is 5.59. The summed E-state index contributed by atoms with van der Waals surface area (Å²) in [5.41, 5.74) is 1.40. The fraction of sp³-hybridized carbons (Fsp3) is 0.0833. The topological polar surface area (TPSA) is 96.9 Å². The third kappa shape index (κ3) is 3.09. The number of carboxylic acids is 1. The summed E-state index contributed by atoms with van der Waals surface area (Å²) in [6, 6.07) is 6.39. The first-order valence-electron chi connectivity index (χ1n) is 4.80. The van der Waals surface area contributed by atoms with Crippen molar-refractivity contribution in [2.75, 3.05) is 5.32 Å². The molecule has 0 bridgehead atoms. The Bertz CT molecular complexity index is 570. The highest BCUT2D eigenvalue weighted by Gasteiger charge is 2.09. The van der Waals surface area contributed by atoms with Crippen LogP contribution in [0.3, 0.4) is 0 Å². The lowest BCUT2D eigenvalue weighted by Crippen LogP contribution is -2.00. The van der Waals surface area contributed by atoms with Crippen molar-refractivity contribution < 1.29 is 9.90 Å². The normalized spacial score (nSPS) is 8.89. The minimum Gasteiger partial charge on any atom is -0.478 e. The van der Waals surface area contributed by atoms with E-state index in [4.69, 9.17) is 15.6 Å². The molecule has 0 saturated heterocycles. The number of halogens is 1. The molecule has 1 aromatic carbocycles. The largest absolute Gasteiger partial charge is 0.478 e. The zero-order valence-corrected chi connectivity index (χ0v) is 10.9. The van der Waals surface area contributed by atoms with Gasteiger partial charge in [-0.15, -0.1) is 0 Å². The van der Waals surface area contributed by atoms with Crippen LogP contribution in [0.25, 0.3) is 0 Å². The Morgan fingerprint density at radius 1 is 1.44 bits per heavy atom. The Labute approximate surface area is 112 Å². The molecule has 0 radical (unpaired) electrons. The van der Waals surface area contributed by atoms with Gasteiger partial charge in [0.05, 0.1) is 11.3 Å². The van der Waals surface area contributed by atoms with E-state index < -0.39 is 5.97 Å². The van der Waals surface area contributed by atoms with Crippen LogP contribution in [-0.2, 0) is 0 Å². The second kappa shape index (κ2) is 5.85. The van der Waals surface area contributed by atoms with Crippen molar-refractivity contribution in [1.29, 1.82) is 10.5 Å². The molecule has 1 rings (SSSR count). The molecule has 0 unspecified atom stereocenters. The summed E-state index contributed by atoms with van der Waals surface area (Å²) in [4.78, 5) is 10.8. The van der Waals surface area contributed by atoms with Gasteiger partial charge in [-0.05, 0) is 40.5 Å². The third-order valence-corrected chi connectivity index (χ3v) is 2.76. The van der Waals surface area contributed by atoms with Gasteiger partial charge in [0.1, 0.15) is 17.7 Å². The van der Waals surface area contributed by atoms with Crippen LogP contribution in [0.15, 0.2) is 28.4 Å². The van der Waals surface area contributed by atoms with Crippen molar-refractivity contribution >= 4 is 27.6 Å². The summed E-state index contributed by atoms with van der Waals surface area (Å²) in [5, 5.41) is 28.9. The fourth-order valence-electron chi connectivity index (χ4n) is 1.28. The molecule has 5 nitrogen and oxygen atoms in total. The molecule has 6 heteroatoms. The highest BCUT2D eigenvalue weighted by atomic mass is 79.9. The standard InChI is InChI=1S/C12H8BrN3O2/c1-7-2-9(12(17)18)3-10(13)11(7)16-6-8(4-14)5-15/h2-3,6,16H,1H3,(H,17,18). The van der Waals surface area contributed by atoms with Gasteiger partial charge in [-0.1, -0.05) is 0 Å². The summed E-state index contributed by atoms with van der Waals surface area (Å²) in [5.74, 6) is -1.02. The predicted molar refractivity (Wildman–Crippen MR) is 68.8 cm³/mol. The van der Waals surface area contributed by atoms with Gasteiger partial charge in [0.25, 0.3) is 0 Å². The van der Waals surface area contributed by atoms with Crippen molar-refractivity contribution in [3.8, 4) is 12.1 Å². The summed E-state index contributed by atoms with van der Waals surface area (Å²) in [6.45, 7) is 1.73. The van der Waals surface area contributed by atoms with Crippen LogP contribution in [0.1, 0.15) is 15.9 Å². The van der Waals surface area contributed by atoms with E-state index in [1.54, 1.807) is 19.1 Å². The summed E-state index contributed by atoms with van der Waals surface area (Å²) < 4.78 is 0.548. The summed E-state index contributed by atoms with van der Waals surface area (Å²) in [7, 11) is 0. The van der Waals surface area contributed by atoms with E-state index in [1.165, 1.54) is 18.3 Å². The molecule has 0 amide bonds. The molecular weight excluding hydrogens is 298 g/mol. The number of hydrogen-bond acceptors (Lipinski definition) is 4. The van der Waals surface area contributed by atoms with E-state index in [1.807, 2.05) is 0 Å². The van der Waals surface area contributed by atoms with Gasteiger partial charge in [-0.25, -0.2) is 4.79 Å². The van der Waals surface area contributed by atoms with E-state index in [0.717, 1.165) is 0 Å². The van der Waals surface area contributed by atoms with Gasteiger partial charge in [0.15, 0.2) is 0 Å². The molecular formula is C12H8BrN3O2. The molecule has 0 spiro atoms. The van der Waals surface area contributed by atoms with Crippen molar-refractivity contribution in [2.24, 2.45) is 0 Å². The van der Waals surface area contributed by atoms with E-state index in [0.29, 0.717) is 15.7 Å². The highest BCUT2D eigenvalue weighted by molar-refractivity contribution is 9.10. The number of nitrogens with zero attached hydrogens (tertiary/aromatic N) is 2. The van der Waals surface area contributed by atoms with Crippen molar-refractivity contribution in [3.63, 3.8) is 0 Å². The molecule has 0 aliphatic carbocycles. The molecule has 0 aromatic heterocycles. The van der Waals surface area contributed by atoms with Crippen LogP contribution in [0.4, 0.5) is 5.69 Å².